The highest BCUT2D eigenvalue weighted by molar-refractivity contribution is 5.80. The number of carbonyl (C=O) groups is 1. The third kappa shape index (κ3) is 3.91. The number of likely N-dealkylation sites (tertiary alicyclic amines) is 1. The summed E-state index contributed by atoms with van der Waals surface area (Å²) in [4.78, 5) is 27.8. The highest BCUT2D eigenvalue weighted by Gasteiger charge is 2.30. The first-order valence-corrected chi connectivity index (χ1v) is 9.28. The van der Waals surface area contributed by atoms with Crippen LogP contribution in [0.4, 0.5) is 5.82 Å². The Balaban J connectivity index is 1.59. The molecule has 0 radical (unpaired) electrons. The second kappa shape index (κ2) is 7.98. The number of fused-ring (bicyclic) bond motifs is 1. The first-order valence-electron chi connectivity index (χ1n) is 9.28. The number of methoxy groups -OCH3 is 1. The average Bonchev–Trinajstić information content (AvgIpc) is 3.06. The number of rotatable bonds is 6. The fraction of sp³-hybridized carbons (Fsp3) is 0.474. The van der Waals surface area contributed by atoms with Crippen molar-refractivity contribution in [2.45, 2.75) is 25.4 Å². The van der Waals surface area contributed by atoms with Gasteiger partial charge in [0.15, 0.2) is 5.82 Å². The number of ether oxygens (including phenoxy) is 1. The Morgan fingerprint density at radius 1 is 1.41 bits per heavy atom. The molecule has 2 aliphatic rings. The predicted octanol–water partition coefficient (Wildman–Crippen LogP) is 0.843. The summed E-state index contributed by atoms with van der Waals surface area (Å²) in [6.07, 6.45) is 4.86. The van der Waals surface area contributed by atoms with E-state index in [1.807, 2.05) is 17.0 Å². The fourth-order valence-corrected chi connectivity index (χ4v) is 3.58. The van der Waals surface area contributed by atoms with E-state index < -0.39 is 0 Å². The quantitative estimate of drug-likeness (QED) is 0.781. The zero-order valence-corrected chi connectivity index (χ0v) is 15.4. The van der Waals surface area contributed by atoms with Crippen LogP contribution in [0.3, 0.4) is 0 Å². The number of nitrogens with one attached hydrogen (secondary N) is 2. The van der Waals surface area contributed by atoms with Crippen molar-refractivity contribution in [2.75, 3.05) is 38.7 Å². The molecule has 27 heavy (non-hydrogen) atoms. The molecule has 1 amide bonds. The molecule has 142 valence electrons. The molecule has 0 spiro atoms. The van der Waals surface area contributed by atoms with Crippen molar-refractivity contribution in [3.05, 3.63) is 35.8 Å². The van der Waals surface area contributed by atoms with Crippen LogP contribution < -0.4 is 10.6 Å². The molecule has 8 heteroatoms. The summed E-state index contributed by atoms with van der Waals surface area (Å²) in [7, 11) is 1.65. The average molecular weight is 368 g/mol. The molecule has 1 fully saturated rings. The molecule has 1 saturated heterocycles. The number of carbonyl (C=O) groups excluding carboxylic acids is 1. The summed E-state index contributed by atoms with van der Waals surface area (Å²) in [5, 5.41) is 6.88. The number of amides is 1. The van der Waals surface area contributed by atoms with Crippen molar-refractivity contribution in [2.24, 2.45) is 0 Å². The number of hydrogen-bond donors (Lipinski definition) is 2. The molecule has 4 heterocycles. The Kier molecular flexibility index (Phi) is 5.26. The third-order valence-corrected chi connectivity index (χ3v) is 4.98. The number of aromatic nitrogens is 3. The third-order valence-electron chi connectivity index (χ3n) is 4.98. The van der Waals surface area contributed by atoms with Gasteiger partial charge in [0.2, 0.25) is 5.91 Å². The van der Waals surface area contributed by atoms with Gasteiger partial charge in [0.1, 0.15) is 5.82 Å². The highest BCUT2D eigenvalue weighted by atomic mass is 16.5. The van der Waals surface area contributed by atoms with Gasteiger partial charge in [-0.1, -0.05) is 0 Å². The molecule has 2 aromatic rings. The molecule has 2 aromatic heterocycles. The number of pyridine rings is 1. The molecular weight excluding hydrogens is 344 g/mol. The second-order valence-corrected chi connectivity index (χ2v) is 6.87. The van der Waals surface area contributed by atoms with E-state index in [0.717, 1.165) is 42.1 Å². The van der Waals surface area contributed by atoms with E-state index >= 15 is 0 Å². The maximum Gasteiger partial charge on any atom is 0.224 e. The van der Waals surface area contributed by atoms with E-state index in [-0.39, 0.29) is 11.9 Å². The summed E-state index contributed by atoms with van der Waals surface area (Å²) >= 11 is 0. The van der Waals surface area contributed by atoms with Gasteiger partial charge in [-0.25, -0.2) is 9.97 Å². The number of anilines is 1. The minimum atomic E-state index is 0.0463. The second-order valence-electron chi connectivity index (χ2n) is 6.87. The molecule has 0 saturated carbocycles. The SMILES string of the molecule is COCCN1C[C@@H](Nc2nc(-c3cccnc3)nc3c2CCNC3)CC1=O. The molecule has 2 aliphatic heterocycles. The molecule has 4 rings (SSSR count). The van der Waals surface area contributed by atoms with E-state index in [1.54, 1.807) is 19.5 Å². The fourth-order valence-electron chi connectivity index (χ4n) is 3.58. The van der Waals surface area contributed by atoms with Gasteiger partial charge in [-0.15, -0.1) is 0 Å². The van der Waals surface area contributed by atoms with E-state index in [2.05, 4.69) is 15.6 Å². The van der Waals surface area contributed by atoms with E-state index in [9.17, 15) is 4.79 Å². The van der Waals surface area contributed by atoms with Crippen LogP contribution in [-0.4, -0.2) is 65.2 Å². The lowest BCUT2D eigenvalue weighted by Crippen LogP contribution is -2.32. The molecule has 0 aliphatic carbocycles. The Hall–Kier alpha value is -2.58. The van der Waals surface area contributed by atoms with Crippen LogP contribution in [0.1, 0.15) is 17.7 Å². The summed E-state index contributed by atoms with van der Waals surface area (Å²) in [5.74, 6) is 1.65. The lowest BCUT2D eigenvalue weighted by Gasteiger charge is -2.23. The van der Waals surface area contributed by atoms with Gasteiger partial charge in [0.25, 0.3) is 0 Å². The minimum Gasteiger partial charge on any atom is -0.383 e. The number of nitrogens with zero attached hydrogens (tertiary/aromatic N) is 4. The van der Waals surface area contributed by atoms with Crippen LogP contribution in [0.15, 0.2) is 24.5 Å². The van der Waals surface area contributed by atoms with Crippen molar-refractivity contribution >= 4 is 11.7 Å². The topological polar surface area (TPSA) is 92.3 Å². The monoisotopic (exact) mass is 368 g/mol. The van der Waals surface area contributed by atoms with Crippen molar-refractivity contribution in [1.82, 2.24) is 25.2 Å². The molecule has 1 atom stereocenters. The van der Waals surface area contributed by atoms with Crippen molar-refractivity contribution in [1.29, 1.82) is 0 Å². The Morgan fingerprint density at radius 2 is 2.33 bits per heavy atom. The van der Waals surface area contributed by atoms with Crippen LogP contribution >= 0.6 is 0 Å². The smallest absolute Gasteiger partial charge is 0.224 e. The molecule has 0 aromatic carbocycles. The molecule has 2 N–H and O–H groups in total. The van der Waals surface area contributed by atoms with E-state index in [1.165, 1.54) is 0 Å². The predicted molar refractivity (Wildman–Crippen MR) is 101 cm³/mol. The van der Waals surface area contributed by atoms with Gasteiger partial charge >= 0.3 is 0 Å². The van der Waals surface area contributed by atoms with E-state index in [4.69, 9.17) is 14.7 Å². The Labute approximate surface area is 158 Å². The largest absolute Gasteiger partial charge is 0.383 e. The van der Waals surface area contributed by atoms with Gasteiger partial charge in [-0.2, -0.15) is 0 Å². The number of hydrogen-bond acceptors (Lipinski definition) is 7. The van der Waals surface area contributed by atoms with Crippen molar-refractivity contribution in [3.63, 3.8) is 0 Å². The zero-order valence-electron chi connectivity index (χ0n) is 15.4. The van der Waals surface area contributed by atoms with Crippen LogP contribution in [-0.2, 0) is 22.5 Å². The Morgan fingerprint density at radius 3 is 3.15 bits per heavy atom. The van der Waals surface area contributed by atoms with Crippen LogP contribution in [0, 0.1) is 0 Å². The maximum atomic E-state index is 12.2. The summed E-state index contributed by atoms with van der Waals surface area (Å²) in [6.45, 7) is 3.48. The first-order chi connectivity index (χ1) is 13.2. The standard InChI is InChI=1S/C19H24N6O2/c1-27-8-7-25-12-14(9-17(25)26)22-19-15-4-6-21-11-16(15)23-18(24-19)13-3-2-5-20-10-13/h2-3,5,10,14,21H,4,6-9,11-12H2,1H3,(H,22,23,24)/t14-/m0/s1. The van der Waals surface area contributed by atoms with Crippen molar-refractivity contribution < 1.29 is 9.53 Å². The normalized spacial score (nSPS) is 19.2. The van der Waals surface area contributed by atoms with Gasteiger partial charge in [0.05, 0.1) is 18.3 Å². The van der Waals surface area contributed by atoms with Crippen LogP contribution in [0.5, 0.6) is 0 Å². The summed E-state index contributed by atoms with van der Waals surface area (Å²) in [5.41, 5.74) is 3.04. The first kappa shape index (κ1) is 17.8. The van der Waals surface area contributed by atoms with E-state index in [0.29, 0.717) is 31.9 Å². The van der Waals surface area contributed by atoms with Crippen LogP contribution in [0.2, 0.25) is 0 Å². The lowest BCUT2D eigenvalue weighted by molar-refractivity contribution is -0.128. The van der Waals surface area contributed by atoms with Gasteiger partial charge < -0.3 is 20.3 Å². The minimum absolute atomic E-state index is 0.0463. The molecular formula is C19H24N6O2. The Bertz CT molecular complexity index is 813. The lowest BCUT2D eigenvalue weighted by atomic mass is 10.1. The van der Waals surface area contributed by atoms with Crippen LogP contribution in [0.25, 0.3) is 11.4 Å². The molecule has 0 bridgehead atoms. The van der Waals surface area contributed by atoms with Gasteiger partial charge in [-0.3, -0.25) is 9.78 Å². The maximum absolute atomic E-state index is 12.2. The molecule has 8 nitrogen and oxygen atoms in total. The zero-order chi connectivity index (χ0) is 18.6. The van der Waals surface area contributed by atoms with Crippen molar-refractivity contribution in [3.8, 4) is 11.4 Å². The summed E-state index contributed by atoms with van der Waals surface area (Å²) < 4.78 is 5.10. The van der Waals surface area contributed by atoms with Gasteiger partial charge in [0, 0.05) is 56.7 Å². The highest BCUT2D eigenvalue weighted by Crippen LogP contribution is 2.26. The molecule has 0 unspecified atom stereocenters. The van der Waals surface area contributed by atoms with Gasteiger partial charge in [-0.05, 0) is 25.1 Å². The summed E-state index contributed by atoms with van der Waals surface area (Å²) in [6, 6.07) is 3.89.